The van der Waals surface area contributed by atoms with Crippen molar-refractivity contribution in [1.29, 1.82) is 0 Å². The van der Waals surface area contributed by atoms with Gasteiger partial charge in [-0.05, 0) is 25.0 Å². The Morgan fingerprint density at radius 1 is 1.64 bits per heavy atom. The molecule has 1 atom stereocenters. The van der Waals surface area contributed by atoms with Gasteiger partial charge in [0, 0.05) is 12.7 Å². The number of pyridine rings is 1. The van der Waals surface area contributed by atoms with Crippen LogP contribution in [0.1, 0.15) is 12.8 Å². The molecule has 0 bridgehead atoms. The maximum atomic E-state index is 11.1. The molecule has 74 valence electrons. The van der Waals surface area contributed by atoms with E-state index in [-0.39, 0.29) is 11.9 Å². The molecule has 1 aromatic heterocycles. The number of rotatable bonds is 2. The third-order valence-electron chi connectivity index (χ3n) is 2.56. The Morgan fingerprint density at radius 3 is 3.14 bits per heavy atom. The molecule has 4 nitrogen and oxygen atoms in total. The Kier molecular flexibility index (Phi) is 2.35. The second kappa shape index (κ2) is 3.65. The lowest BCUT2D eigenvalue weighted by molar-refractivity contribution is -0.119. The fraction of sp³-hybridized carbons (Fsp3) is 0.400. The molecule has 1 amide bonds. The van der Waals surface area contributed by atoms with Gasteiger partial charge in [0.15, 0.2) is 0 Å². The fourth-order valence-corrected chi connectivity index (χ4v) is 1.90. The normalized spacial score (nSPS) is 21.1. The fourth-order valence-electron chi connectivity index (χ4n) is 1.90. The average Bonchev–Trinajstić information content (AvgIpc) is 2.67. The van der Waals surface area contributed by atoms with Crippen LogP contribution in [0.3, 0.4) is 0 Å². The predicted octanol–water partition coefficient (Wildman–Crippen LogP) is 0.536. The molecule has 0 spiro atoms. The van der Waals surface area contributed by atoms with Gasteiger partial charge < -0.3 is 10.6 Å². The van der Waals surface area contributed by atoms with E-state index in [2.05, 4.69) is 4.98 Å². The van der Waals surface area contributed by atoms with Crippen LogP contribution in [-0.2, 0) is 4.79 Å². The van der Waals surface area contributed by atoms with E-state index < -0.39 is 0 Å². The van der Waals surface area contributed by atoms with E-state index in [4.69, 9.17) is 5.73 Å². The summed E-state index contributed by atoms with van der Waals surface area (Å²) in [5.41, 5.74) is 6.30. The molecule has 1 aliphatic rings. The van der Waals surface area contributed by atoms with Gasteiger partial charge in [-0.15, -0.1) is 0 Å². The third kappa shape index (κ3) is 1.55. The number of nitrogens with two attached hydrogens (primary N) is 1. The monoisotopic (exact) mass is 191 g/mol. The number of anilines is 1. The summed E-state index contributed by atoms with van der Waals surface area (Å²) in [6.45, 7) is 0.888. The first-order valence-corrected chi connectivity index (χ1v) is 4.75. The van der Waals surface area contributed by atoms with Gasteiger partial charge in [-0.1, -0.05) is 0 Å². The molecular formula is C10H13N3O. The summed E-state index contributed by atoms with van der Waals surface area (Å²) in [7, 11) is 0. The molecule has 14 heavy (non-hydrogen) atoms. The number of carbonyl (C=O) groups is 1. The molecule has 1 aromatic rings. The number of carbonyl (C=O) groups excluding carboxylic acids is 1. The van der Waals surface area contributed by atoms with Crippen LogP contribution in [0.25, 0.3) is 0 Å². The molecule has 0 aromatic carbocycles. The molecule has 0 unspecified atom stereocenters. The van der Waals surface area contributed by atoms with Gasteiger partial charge in [-0.25, -0.2) is 0 Å². The van der Waals surface area contributed by atoms with Crippen molar-refractivity contribution in [1.82, 2.24) is 4.98 Å². The quantitative estimate of drug-likeness (QED) is 0.742. The van der Waals surface area contributed by atoms with Gasteiger partial charge in [-0.2, -0.15) is 0 Å². The number of primary amides is 1. The van der Waals surface area contributed by atoms with Gasteiger partial charge >= 0.3 is 0 Å². The lowest BCUT2D eigenvalue weighted by Crippen LogP contribution is -2.40. The van der Waals surface area contributed by atoms with E-state index in [1.807, 2.05) is 17.0 Å². The topological polar surface area (TPSA) is 59.2 Å². The second-order valence-electron chi connectivity index (χ2n) is 3.47. The highest BCUT2D eigenvalue weighted by Crippen LogP contribution is 2.23. The summed E-state index contributed by atoms with van der Waals surface area (Å²) in [5.74, 6) is -0.244. The molecule has 1 aliphatic heterocycles. The van der Waals surface area contributed by atoms with E-state index >= 15 is 0 Å². The van der Waals surface area contributed by atoms with Crippen molar-refractivity contribution in [3.63, 3.8) is 0 Å². The van der Waals surface area contributed by atoms with Crippen molar-refractivity contribution in [2.75, 3.05) is 11.4 Å². The first kappa shape index (κ1) is 8.99. The number of amides is 1. The van der Waals surface area contributed by atoms with Crippen LogP contribution < -0.4 is 10.6 Å². The van der Waals surface area contributed by atoms with Gasteiger partial charge in [0.1, 0.15) is 6.04 Å². The standard InChI is InChI=1S/C10H13N3O/c11-10(14)9-4-2-6-13(9)8-3-1-5-12-7-8/h1,3,5,7,9H,2,4,6H2,(H2,11,14)/t9-/m1/s1. The molecule has 0 radical (unpaired) electrons. The first-order valence-electron chi connectivity index (χ1n) is 4.75. The zero-order valence-corrected chi connectivity index (χ0v) is 7.89. The lowest BCUT2D eigenvalue weighted by atomic mass is 10.2. The van der Waals surface area contributed by atoms with Crippen LogP contribution in [0.15, 0.2) is 24.5 Å². The van der Waals surface area contributed by atoms with Crippen molar-refractivity contribution in [2.45, 2.75) is 18.9 Å². The summed E-state index contributed by atoms with van der Waals surface area (Å²) in [5, 5.41) is 0. The first-order chi connectivity index (χ1) is 6.79. The molecular weight excluding hydrogens is 178 g/mol. The van der Waals surface area contributed by atoms with Crippen molar-refractivity contribution >= 4 is 11.6 Å². The zero-order chi connectivity index (χ0) is 9.97. The summed E-state index contributed by atoms with van der Waals surface area (Å²) in [6.07, 6.45) is 5.35. The van der Waals surface area contributed by atoms with Crippen molar-refractivity contribution in [2.24, 2.45) is 5.73 Å². The van der Waals surface area contributed by atoms with Crippen LogP contribution >= 0.6 is 0 Å². The van der Waals surface area contributed by atoms with Crippen LogP contribution in [0.2, 0.25) is 0 Å². The molecule has 0 saturated carbocycles. The molecule has 2 N–H and O–H groups in total. The van der Waals surface area contributed by atoms with Gasteiger partial charge in [0.25, 0.3) is 0 Å². The van der Waals surface area contributed by atoms with Crippen LogP contribution in [0.4, 0.5) is 5.69 Å². The second-order valence-corrected chi connectivity index (χ2v) is 3.47. The van der Waals surface area contributed by atoms with Crippen molar-refractivity contribution in [3.05, 3.63) is 24.5 Å². The highest BCUT2D eigenvalue weighted by molar-refractivity contribution is 5.84. The van der Waals surface area contributed by atoms with E-state index in [1.165, 1.54) is 0 Å². The minimum atomic E-state index is -0.244. The van der Waals surface area contributed by atoms with Crippen molar-refractivity contribution < 1.29 is 4.79 Å². The molecule has 4 heteroatoms. The Balaban J connectivity index is 2.22. The number of hydrogen-bond acceptors (Lipinski definition) is 3. The minimum absolute atomic E-state index is 0.154. The zero-order valence-electron chi connectivity index (χ0n) is 7.89. The number of aromatic nitrogens is 1. The van der Waals surface area contributed by atoms with Crippen LogP contribution in [0.5, 0.6) is 0 Å². The summed E-state index contributed by atoms with van der Waals surface area (Å²) >= 11 is 0. The minimum Gasteiger partial charge on any atom is -0.368 e. The van der Waals surface area contributed by atoms with E-state index in [9.17, 15) is 4.79 Å². The van der Waals surface area contributed by atoms with E-state index in [0.717, 1.165) is 25.1 Å². The molecule has 0 aliphatic carbocycles. The molecule has 2 heterocycles. The van der Waals surface area contributed by atoms with Gasteiger partial charge in [-0.3, -0.25) is 9.78 Å². The predicted molar refractivity (Wildman–Crippen MR) is 53.8 cm³/mol. The summed E-state index contributed by atoms with van der Waals surface area (Å²) in [4.78, 5) is 17.2. The average molecular weight is 191 g/mol. The number of hydrogen-bond donors (Lipinski definition) is 1. The Bertz CT molecular complexity index is 325. The molecule has 2 rings (SSSR count). The molecule has 1 saturated heterocycles. The SMILES string of the molecule is NC(=O)[C@H]1CCCN1c1cccnc1. The van der Waals surface area contributed by atoms with Crippen LogP contribution in [-0.4, -0.2) is 23.5 Å². The van der Waals surface area contributed by atoms with E-state index in [0.29, 0.717) is 0 Å². The largest absolute Gasteiger partial charge is 0.368 e. The van der Waals surface area contributed by atoms with Crippen LogP contribution in [0, 0.1) is 0 Å². The Labute approximate surface area is 82.7 Å². The van der Waals surface area contributed by atoms with Crippen molar-refractivity contribution in [3.8, 4) is 0 Å². The highest BCUT2D eigenvalue weighted by atomic mass is 16.1. The Hall–Kier alpha value is -1.58. The van der Waals surface area contributed by atoms with Gasteiger partial charge in [0.05, 0.1) is 11.9 Å². The summed E-state index contributed by atoms with van der Waals surface area (Å²) in [6, 6.07) is 3.67. The smallest absolute Gasteiger partial charge is 0.240 e. The lowest BCUT2D eigenvalue weighted by Gasteiger charge is -2.23. The maximum absolute atomic E-state index is 11.1. The molecule has 1 fully saturated rings. The number of nitrogens with zero attached hydrogens (tertiary/aromatic N) is 2. The van der Waals surface area contributed by atoms with E-state index in [1.54, 1.807) is 12.4 Å². The maximum Gasteiger partial charge on any atom is 0.240 e. The Morgan fingerprint density at radius 2 is 2.50 bits per heavy atom. The summed E-state index contributed by atoms with van der Waals surface area (Å²) < 4.78 is 0. The highest BCUT2D eigenvalue weighted by Gasteiger charge is 2.28. The third-order valence-corrected chi connectivity index (χ3v) is 2.56. The van der Waals surface area contributed by atoms with Gasteiger partial charge in [0.2, 0.25) is 5.91 Å².